The van der Waals surface area contributed by atoms with Crippen molar-refractivity contribution in [3.05, 3.63) is 76.3 Å². The van der Waals surface area contributed by atoms with Crippen LogP contribution in [0.5, 0.6) is 17.2 Å². The minimum absolute atomic E-state index is 0.284. The number of nitrogens with zero attached hydrogens (tertiary/aromatic N) is 1. The highest BCUT2D eigenvalue weighted by Gasteiger charge is 2.81. The van der Waals surface area contributed by atoms with Gasteiger partial charge in [0.25, 0.3) is 5.91 Å². The highest BCUT2D eigenvalue weighted by Crippen LogP contribution is 2.68. The number of benzene rings is 3. The molecule has 4 aliphatic heterocycles. The molecule has 4 heterocycles. The number of anilines is 2. The van der Waals surface area contributed by atoms with Gasteiger partial charge in [-0.25, -0.2) is 0 Å². The van der Waals surface area contributed by atoms with E-state index in [1.165, 1.54) is 21.3 Å². The predicted octanol–water partition coefficient (Wildman–Crippen LogP) is 4.38. The van der Waals surface area contributed by atoms with Crippen LogP contribution in [0.4, 0.5) is 11.4 Å². The van der Waals surface area contributed by atoms with Gasteiger partial charge in [-0.15, -0.1) is 0 Å². The van der Waals surface area contributed by atoms with Crippen LogP contribution in [0, 0.1) is 5.92 Å². The lowest BCUT2D eigenvalue weighted by Crippen LogP contribution is -2.62. The van der Waals surface area contributed by atoms with Crippen LogP contribution in [0.2, 0.25) is 5.02 Å². The van der Waals surface area contributed by atoms with E-state index in [-0.39, 0.29) is 17.6 Å². The summed E-state index contributed by atoms with van der Waals surface area (Å²) in [6.07, 6.45) is 1.41. The molecule has 2 spiro atoms. The smallest absolute Gasteiger partial charge is 0.251 e. The van der Waals surface area contributed by atoms with Gasteiger partial charge in [0.05, 0.1) is 38.0 Å². The van der Waals surface area contributed by atoms with Gasteiger partial charge < -0.3 is 24.8 Å². The Morgan fingerprint density at radius 1 is 0.927 bits per heavy atom. The van der Waals surface area contributed by atoms with E-state index in [9.17, 15) is 14.4 Å². The van der Waals surface area contributed by atoms with Gasteiger partial charge >= 0.3 is 0 Å². The van der Waals surface area contributed by atoms with Gasteiger partial charge in [-0.1, -0.05) is 41.9 Å². The monoisotopic (exact) mass is 573 g/mol. The number of nitrogens with one attached hydrogen (secondary N) is 2. The van der Waals surface area contributed by atoms with Crippen molar-refractivity contribution in [2.45, 2.75) is 29.8 Å². The summed E-state index contributed by atoms with van der Waals surface area (Å²) in [4.78, 5) is 46.1. The maximum absolute atomic E-state index is 15.0. The fourth-order valence-corrected chi connectivity index (χ4v) is 8.19. The van der Waals surface area contributed by atoms with Crippen LogP contribution in [0.15, 0.2) is 54.6 Å². The molecule has 0 aromatic heterocycles. The third-order valence-corrected chi connectivity index (χ3v) is 9.63. The fraction of sp³-hybridized carbons (Fsp3) is 0.323. The molecule has 4 aliphatic rings. The molecule has 0 bridgehead atoms. The number of Topliss-reactive ketones (excluding diaryl/α,β-unsaturated/α-hetero) is 1. The average molecular weight is 574 g/mol. The molecule has 0 radical (unpaired) electrons. The van der Waals surface area contributed by atoms with E-state index >= 15 is 0 Å². The van der Waals surface area contributed by atoms with Crippen LogP contribution in [-0.2, 0) is 20.5 Å². The van der Waals surface area contributed by atoms with E-state index in [0.717, 1.165) is 6.42 Å². The van der Waals surface area contributed by atoms with Gasteiger partial charge in [0.2, 0.25) is 11.7 Å². The third kappa shape index (κ3) is 2.97. The second-order valence-electron chi connectivity index (χ2n) is 10.8. The Kier molecular flexibility index (Phi) is 5.65. The minimum atomic E-state index is -1.58. The number of para-hydroxylation sites is 2. The molecule has 41 heavy (non-hydrogen) atoms. The van der Waals surface area contributed by atoms with Crippen molar-refractivity contribution in [3.63, 3.8) is 0 Å². The van der Waals surface area contributed by atoms with Crippen LogP contribution in [0.3, 0.4) is 0 Å². The maximum atomic E-state index is 15.0. The van der Waals surface area contributed by atoms with Gasteiger partial charge in [-0.2, -0.15) is 0 Å². The Balaban J connectivity index is 1.55. The third-order valence-electron chi connectivity index (χ3n) is 9.31. The molecule has 2 saturated heterocycles. The number of hydrogen-bond donors (Lipinski definition) is 2. The Morgan fingerprint density at radius 2 is 1.63 bits per heavy atom. The molecule has 3 aromatic rings. The van der Waals surface area contributed by atoms with Gasteiger partial charge in [-0.05, 0) is 49.2 Å². The van der Waals surface area contributed by atoms with Crippen molar-refractivity contribution in [1.29, 1.82) is 0 Å². The summed E-state index contributed by atoms with van der Waals surface area (Å²) in [5.74, 6) is -0.935. The number of methoxy groups -OCH3 is 3. The Bertz CT molecular complexity index is 1630. The number of amides is 2. The molecule has 4 unspecified atom stereocenters. The van der Waals surface area contributed by atoms with E-state index < -0.39 is 22.9 Å². The summed E-state index contributed by atoms with van der Waals surface area (Å²) in [6, 6.07) is 15.5. The number of ketones is 1. The molecule has 4 atom stereocenters. The largest absolute Gasteiger partial charge is 0.493 e. The SMILES string of the molecule is COc1cc(C(=O)C2C3CCCN3C3(C(=O)Nc4c(Cl)cccc43)C23C(=O)Nc2ccccc23)cc(OC)c1OC. The summed E-state index contributed by atoms with van der Waals surface area (Å²) >= 11 is 6.62. The zero-order valence-corrected chi connectivity index (χ0v) is 23.5. The molecule has 0 aliphatic carbocycles. The molecule has 2 amide bonds. The quantitative estimate of drug-likeness (QED) is 0.436. The van der Waals surface area contributed by atoms with E-state index in [0.29, 0.717) is 63.3 Å². The second kappa shape index (κ2) is 8.96. The standard InChI is InChI=1S/C31H28ClN3O6/c1-39-22-14-16(15-23(40-2)27(22)41-3)26(36)24-21-12-7-13-35(21)31(18-9-6-10-19(32)25(18)34-29(31)38)30(24)17-8-4-5-11-20(17)33-28(30)37/h4-6,8-11,14-15,21,24H,7,12-13H2,1-3H3,(H,33,37)(H,34,38). The van der Waals surface area contributed by atoms with Gasteiger partial charge in [-0.3, -0.25) is 19.3 Å². The van der Waals surface area contributed by atoms with Crippen LogP contribution in [0.25, 0.3) is 0 Å². The molecule has 210 valence electrons. The number of fused-ring (bicyclic) bond motifs is 7. The molecule has 10 heteroatoms. The van der Waals surface area contributed by atoms with Crippen molar-refractivity contribution in [3.8, 4) is 17.2 Å². The molecule has 0 saturated carbocycles. The molecule has 7 rings (SSSR count). The van der Waals surface area contributed by atoms with Gasteiger partial charge in [0.1, 0.15) is 11.0 Å². The zero-order chi connectivity index (χ0) is 28.7. The second-order valence-corrected chi connectivity index (χ2v) is 11.2. The lowest BCUT2D eigenvalue weighted by atomic mass is 9.57. The van der Waals surface area contributed by atoms with Crippen molar-refractivity contribution >= 4 is 40.6 Å². The summed E-state index contributed by atoms with van der Waals surface area (Å²) in [5.41, 5.74) is -0.485. The summed E-state index contributed by atoms with van der Waals surface area (Å²) in [6.45, 7) is 0.542. The molecule has 2 fully saturated rings. The van der Waals surface area contributed by atoms with Crippen LogP contribution < -0.4 is 24.8 Å². The van der Waals surface area contributed by atoms with E-state index in [2.05, 4.69) is 15.5 Å². The normalized spacial score (nSPS) is 27.4. The summed E-state index contributed by atoms with van der Waals surface area (Å²) < 4.78 is 16.6. The molecule has 9 nitrogen and oxygen atoms in total. The first kappa shape index (κ1) is 25.9. The van der Waals surface area contributed by atoms with Crippen LogP contribution >= 0.6 is 11.6 Å². The van der Waals surface area contributed by atoms with Crippen molar-refractivity contribution in [2.24, 2.45) is 5.92 Å². The maximum Gasteiger partial charge on any atom is 0.251 e. The van der Waals surface area contributed by atoms with Crippen LogP contribution in [-0.4, -0.2) is 56.4 Å². The fourth-order valence-electron chi connectivity index (χ4n) is 7.97. The molecular formula is C31H28ClN3O6. The zero-order valence-electron chi connectivity index (χ0n) is 22.7. The Hall–Kier alpha value is -4.08. The number of hydrogen-bond acceptors (Lipinski definition) is 7. The number of rotatable bonds is 5. The van der Waals surface area contributed by atoms with E-state index in [4.69, 9.17) is 25.8 Å². The summed E-state index contributed by atoms with van der Waals surface area (Å²) in [7, 11) is 4.47. The molecule has 2 N–H and O–H groups in total. The lowest BCUT2D eigenvalue weighted by molar-refractivity contribution is -0.137. The Labute approximate surface area is 241 Å². The first-order valence-corrected chi connectivity index (χ1v) is 13.9. The number of halogens is 1. The minimum Gasteiger partial charge on any atom is -0.493 e. The molecule has 3 aromatic carbocycles. The van der Waals surface area contributed by atoms with Gasteiger partial charge in [0, 0.05) is 22.9 Å². The number of carbonyl (C=O) groups excluding carboxylic acids is 3. The van der Waals surface area contributed by atoms with E-state index in [1.54, 1.807) is 24.3 Å². The first-order chi connectivity index (χ1) is 19.9. The first-order valence-electron chi connectivity index (χ1n) is 13.5. The number of ether oxygens (including phenoxy) is 3. The van der Waals surface area contributed by atoms with E-state index in [1.807, 2.05) is 30.3 Å². The van der Waals surface area contributed by atoms with Crippen molar-refractivity contribution in [1.82, 2.24) is 4.90 Å². The highest BCUT2D eigenvalue weighted by molar-refractivity contribution is 6.35. The summed E-state index contributed by atoms with van der Waals surface area (Å²) in [5, 5.41) is 6.42. The average Bonchev–Trinajstić information content (AvgIpc) is 3.71. The van der Waals surface area contributed by atoms with Crippen molar-refractivity contribution in [2.75, 3.05) is 38.5 Å². The lowest BCUT2D eigenvalue weighted by Gasteiger charge is -2.43. The highest BCUT2D eigenvalue weighted by atomic mass is 35.5. The van der Waals surface area contributed by atoms with Crippen LogP contribution in [0.1, 0.15) is 34.3 Å². The van der Waals surface area contributed by atoms with Crippen molar-refractivity contribution < 1.29 is 28.6 Å². The molecular weight excluding hydrogens is 546 g/mol. The number of carbonyl (C=O) groups is 3. The topological polar surface area (TPSA) is 106 Å². The Morgan fingerprint density at radius 3 is 2.34 bits per heavy atom. The predicted molar refractivity (Wildman–Crippen MR) is 152 cm³/mol. The van der Waals surface area contributed by atoms with Gasteiger partial charge in [0.15, 0.2) is 17.3 Å².